The third-order valence-electron chi connectivity index (χ3n) is 4.77. The smallest absolute Gasteiger partial charge is 0.285 e. The summed E-state index contributed by atoms with van der Waals surface area (Å²) in [7, 11) is -0.0535. The molecule has 0 bridgehead atoms. The van der Waals surface area contributed by atoms with Gasteiger partial charge in [-0.25, -0.2) is 0 Å². The Hall–Kier alpha value is -2.87. The molecule has 1 aliphatic heterocycles. The number of carbonyl (C=O) groups is 1. The van der Waals surface area contributed by atoms with E-state index in [0.717, 1.165) is 5.69 Å². The van der Waals surface area contributed by atoms with Crippen LogP contribution in [-0.4, -0.2) is 58.3 Å². The van der Waals surface area contributed by atoms with Crippen LogP contribution in [0.1, 0.15) is 12.5 Å². The van der Waals surface area contributed by atoms with Crippen molar-refractivity contribution >= 4 is 27.5 Å². The van der Waals surface area contributed by atoms with Crippen LogP contribution in [0.5, 0.6) is 0 Å². The number of sulfonamides is 1. The highest BCUT2D eigenvalue weighted by Crippen LogP contribution is 2.26. The SMILES string of the molecule is CC(CNC(=O)CN(C)C1=NS(=O)(=O)c2ccccc21)N(C)c1ccccc1. The lowest BCUT2D eigenvalue weighted by molar-refractivity contribution is -0.121. The highest BCUT2D eigenvalue weighted by Gasteiger charge is 2.30. The van der Waals surface area contributed by atoms with Gasteiger partial charge in [0.05, 0.1) is 6.54 Å². The number of nitrogens with zero attached hydrogens (tertiary/aromatic N) is 3. The van der Waals surface area contributed by atoms with E-state index >= 15 is 0 Å². The Balaban J connectivity index is 1.58. The number of carbonyl (C=O) groups excluding carboxylic acids is 1. The fourth-order valence-electron chi connectivity index (χ4n) is 3.03. The lowest BCUT2D eigenvalue weighted by Crippen LogP contribution is -2.44. The van der Waals surface area contributed by atoms with Gasteiger partial charge in [-0.1, -0.05) is 30.3 Å². The van der Waals surface area contributed by atoms with Crippen LogP contribution in [0.15, 0.2) is 63.9 Å². The lowest BCUT2D eigenvalue weighted by atomic mass is 10.2. The first-order chi connectivity index (χ1) is 13.3. The van der Waals surface area contributed by atoms with E-state index in [-0.39, 0.29) is 23.4 Å². The van der Waals surface area contributed by atoms with Gasteiger partial charge < -0.3 is 15.1 Å². The van der Waals surface area contributed by atoms with E-state index in [2.05, 4.69) is 14.6 Å². The molecule has 1 atom stereocenters. The summed E-state index contributed by atoms with van der Waals surface area (Å²) >= 11 is 0. The van der Waals surface area contributed by atoms with Gasteiger partial charge in [0, 0.05) is 37.9 Å². The Morgan fingerprint density at radius 1 is 1.07 bits per heavy atom. The first-order valence-corrected chi connectivity index (χ1v) is 10.4. The zero-order valence-electron chi connectivity index (χ0n) is 16.2. The topological polar surface area (TPSA) is 82.1 Å². The average Bonchev–Trinajstić information content (AvgIpc) is 2.98. The molecule has 148 valence electrons. The average molecular weight is 401 g/mol. The number of fused-ring (bicyclic) bond motifs is 1. The molecule has 8 heteroatoms. The quantitative estimate of drug-likeness (QED) is 0.798. The molecule has 0 aliphatic carbocycles. The zero-order chi connectivity index (χ0) is 20.3. The first kappa shape index (κ1) is 19.9. The summed E-state index contributed by atoms with van der Waals surface area (Å²) in [4.78, 5) is 16.2. The number of hydrogen-bond donors (Lipinski definition) is 1. The predicted octanol–water partition coefficient (Wildman–Crippen LogP) is 1.71. The molecule has 28 heavy (non-hydrogen) atoms. The Kier molecular flexibility index (Phi) is 5.69. The van der Waals surface area contributed by atoms with E-state index < -0.39 is 10.0 Å². The summed E-state index contributed by atoms with van der Waals surface area (Å²) in [5.74, 6) is 0.0977. The molecule has 1 heterocycles. The van der Waals surface area contributed by atoms with Gasteiger partial charge in [-0.15, -0.1) is 4.40 Å². The van der Waals surface area contributed by atoms with E-state index in [9.17, 15) is 13.2 Å². The summed E-state index contributed by atoms with van der Waals surface area (Å²) in [6.45, 7) is 2.52. The van der Waals surface area contributed by atoms with Crippen molar-refractivity contribution in [3.8, 4) is 0 Å². The molecule has 0 radical (unpaired) electrons. The monoisotopic (exact) mass is 400 g/mol. The van der Waals surface area contributed by atoms with E-state index in [1.165, 1.54) is 6.07 Å². The fraction of sp³-hybridized carbons (Fsp3) is 0.300. The molecule has 1 aliphatic rings. The number of benzene rings is 2. The highest BCUT2D eigenvalue weighted by molar-refractivity contribution is 7.90. The minimum absolute atomic E-state index is 0.0183. The Morgan fingerprint density at radius 3 is 2.43 bits per heavy atom. The lowest BCUT2D eigenvalue weighted by Gasteiger charge is -2.27. The van der Waals surface area contributed by atoms with Crippen LogP contribution >= 0.6 is 0 Å². The number of rotatable bonds is 6. The van der Waals surface area contributed by atoms with E-state index in [4.69, 9.17) is 0 Å². The molecule has 1 amide bonds. The molecular formula is C20H24N4O3S. The van der Waals surface area contributed by atoms with Crippen molar-refractivity contribution in [2.45, 2.75) is 17.9 Å². The molecule has 0 aromatic heterocycles. The van der Waals surface area contributed by atoms with Gasteiger partial charge in [0.1, 0.15) is 4.90 Å². The van der Waals surface area contributed by atoms with Crippen LogP contribution in [0, 0.1) is 0 Å². The second-order valence-electron chi connectivity index (χ2n) is 6.84. The molecular weight excluding hydrogens is 376 g/mol. The number of amidine groups is 1. The molecule has 2 aromatic carbocycles. The number of para-hydroxylation sites is 1. The second-order valence-corrected chi connectivity index (χ2v) is 8.41. The largest absolute Gasteiger partial charge is 0.370 e. The minimum Gasteiger partial charge on any atom is -0.370 e. The number of likely N-dealkylation sites (N-methyl/N-ethyl adjacent to an activating group) is 2. The first-order valence-electron chi connectivity index (χ1n) is 8.99. The van der Waals surface area contributed by atoms with Crippen molar-refractivity contribution < 1.29 is 13.2 Å². The molecule has 7 nitrogen and oxygen atoms in total. The molecule has 0 fully saturated rings. The van der Waals surface area contributed by atoms with E-state index in [0.29, 0.717) is 17.9 Å². The van der Waals surface area contributed by atoms with Crippen molar-refractivity contribution in [1.29, 1.82) is 0 Å². The third-order valence-corrected chi connectivity index (χ3v) is 6.10. The maximum atomic E-state index is 12.4. The number of amides is 1. The van der Waals surface area contributed by atoms with Crippen LogP contribution in [-0.2, 0) is 14.8 Å². The molecule has 1 N–H and O–H groups in total. The molecule has 0 saturated heterocycles. The van der Waals surface area contributed by atoms with Gasteiger partial charge in [0.25, 0.3) is 10.0 Å². The van der Waals surface area contributed by atoms with Crippen molar-refractivity contribution in [1.82, 2.24) is 10.2 Å². The van der Waals surface area contributed by atoms with Crippen LogP contribution < -0.4 is 10.2 Å². The van der Waals surface area contributed by atoms with Gasteiger partial charge >= 0.3 is 0 Å². The minimum atomic E-state index is -3.70. The van der Waals surface area contributed by atoms with Crippen molar-refractivity contribution in [3.05, 3.63) is 60.2 Å². The molecule has 0 spiro atoms. The summed E-state index contributed by atoms with van der Waals surface area (Å²) in [6.07, 6.45) is 0. The summed E-state index contributed by atoms with van der Waals surface area (Å²) in [5.41, 5.74) is 1.60. The molecule has 0 saturated carbocycles. The summed E-state index contributed by atoms with van der Waals surface area (Å²) < 4.78 is 28.1. The Morgan fingerprint density at radius 2 is 1.71 bits per heavy atom. The zero-order valence-corrected chi connectivity index (χ0v) is 17.0. The standard InChI is InChI=1S/C20H24N4O3S/c1-15(24(3)16-9-5-4-6-10-16)13-21-19(25)14-23(2)20-17-11-7-8-12-18(17)28(26,27)22-20/h4-12,15H,13-14H2,1-3H3,(H,21,25). The van der Waals surface area contributed by atoms with Crippen molar-refractivity contribution in [2.75, 3.05) is 32.1 Å². The van der Waals surface area contributed by atoms with Crippen LogP contribution in [0.2, 0.25) is 0 Å². The number of nitrogens with one attached hydrogen (secondary N) is 1. The molecule has 2 aromatic rings. The fourth-order valence-corrected chi connectivity index (χ4v) is 4.28. The van der Waals surface area contributed by atoms with E-state index in [1.807, 2.05) is 44.3 Å². The second kappa shape index (κ2) is 8.02. The maximum absolute atomic E-state index is 12.4. The van der Waals surface area contributed by atoms with Crippen LogP contribution in [0.3, 0.4) is 0 Å². The van der Waals surface area contributed by atoms with Gasteiger partial charge in [-0.3, -0.25) is 4.79 Å². The van der Waals surface area contributed by atoms with Crippen LogP contribution in [0.4, 0.5) is 5.69 Å². The summed E-state index contributed by atoms with van der Waals surface area (Å²) in [6, 6.07) is 16.7. The predicted molar refractivity (Wildman–Crippen MR) is 110 cm³/mol. The van der Waals surface area contributed by atoms with Gasteiger partial charge in [0.2, 0.25) is 5.91 Å². The Bertz CT molecular complexity index is 990. The number of anilines is 1. The highest BCUT2D eigenvalue weighted by atomic mass is 32.2. The van der Waals surface area contributed by atoms with Crippen molar-refractivity contribution in [3.63, 3.8) is 0 Å². The molecule has 3 rings (SSSR count). The van der Waals surface area contributed by atoms with Gasteiger partial charge in [-0.2, -0.15) is 8.42 Å². The Labute approximate surface area is 165 Å². The van der Waals surface area contributed by atoms with Gasteiger partial charge in [0.15, 0.2) is 5.84 Å². The van der Waals surface area contributed by atoms with E-state index in [1.54, 1.807) is 30.1 Å². The maximum Gasteiger partial charge on any atom is 0.285 e. The third kappa shape index (κ3) is 4.17. The normalized spacial score (nSPS) is 15.3. The number of hydrogen-bond acceptors (Lipinski definition) is 5. The molecule has 1 unspecified atom stereocenters. The summed E-state index contributed by atoms with van der Waals surface area (Å²) in [5, 5.41) is 2.91. The van der Waals surface area contributed by atoms with Crippen LogP contribution in [0.25, 0.3) is 0 Å². The van der Waals surface area contributed by atoms with Crippen molar-refractivity contribution in [2.24, 2.45) is 4.40 Å². The van der Waals surface area contributed by atoms with Gasteiger partial charge in [-0.05, 0) is 31.2 Å².